The van der Waals surface area contributed by atoms with Crippen LogP contribution in [-0.4, -0.2) is 20.1 Å². The smallest absolute Gasteiger partial charge is 0.215 e. The van der Waals surface area contributed by atoms with Crippen LogP contribution < -0.4 is 4.72 Å². The highest BCUT2D eigenvalue weighted by Gasteiger charge is 2.11. The highest BCUT2D eigenvalue weighted by molar-refractivity contribution is 7.88. The quantitative estimate of drug-likeness (QED) is 0.884. The molecule has 0 amide bonds. The third kappa shape index (κ3) is 4.47. The van der Waals surface area contributed by atoms with E-state index in [0.717, 1.165) is 22.6 Å². The zero-order valence-electron chi connectivity index (χ0n) is 11.6. The van der Waals surface area contributed by atoms with E-state index in [4.69, 9.17) is 4.52 Å². The molecule has 0 saturated heterocycles. The van der Waals surface area contributed by atoms with Gasteiger partial charge in [0.05, 0.1) is 11.4 Å². The van der Waals surface area contributed by atoms with E-state index in [1.807, 2.05) is 31.2 Å². The number of nitrogens with one attached hydrogen (secondary N) is 1. The lowest BCUT2D eigenvalue weighted by Gasteiger charge is -2.06. The first kappa shape index (κ1) is 14.7. The third-order valence-corrected chi connectivity index (χ3v) is 4.21. The molecule has 0 unspecified atom stereocenters. The standard InChI is InChI=1S/C14H18N2O3S/c1-11-3-5-13(6-4-11)10-20(17,18)15-8-7-14-9-12(2)19-16-14/h3-6,9,15H,7-8,10H2,1-2H3. The van der Waals surface area contributed by atoms with Gasteiger partial charge in [0.15, 0.2) is 0 Å². The highest BCUT2D eigenvalue weighted by Crippen LogP contribution is 2.07. The molecule has 2 rings (SSSR count). The molecule has 0 saturated carbocycles. The molecule has 0 aliphatic rings. The summed E-state index contributed by atoms with van der Waals surface area (Å²) >= 11 is 0. The van der Waals surface area contributed by atoms with Crippen molar-refractivity contribution in [2.24, 2.45) is 0 Å². The Bertz CT molecular complexity index is 660. The van der Waals surface area contributed by atoms with Crippen LogP contribution in [0.4, 0.5) is 0 Å². The van der Waals surface area contributed by atoms with E-state index in [0.29, 0.717) is 13.0 Å². The van der Waals surface area contributed by atoms with Gasteiger partial charge in [-0.2, -0.15) is 0 Å². The van der Waals surface area contributed by atoms with Crippen molar-refractivity contribution in [3.8, 4) is 0 Å². The lowest BCUT2D eigenvalue weighted by Crippen LogP contribution is -2.27. The normalized spacial score (nSPS) is 11.7. The van der Waals surface area contributed by atoms with Gasteiger partial charge in [-0.25, -0.2) is 13.1 Å². The first-order valence-electron chi connectivity index (χ1n) is 6.40. The van der Waals surface area contributed by atoms with Crippen molar-refractivity contribution < 1.29 is 12.9 Å². The van der Waals surface area contributed by atoms with Gasteiger partial charge in [0, 0.05) is 19.0 Å². The van der Waals surface area contributed by atoms with Gasteiger partial charge in [-0.1, -0.05) is 35.0 Å². The van der Waals surface area contributed by atoms with Crippen molar-refractivity contribution in [1.29, 1.82) is 0 Å². The first-order valence-corrected chi connectivity index (χ1v) is 8.05. The summed E-state index contributed by atoms with van der Waals surface area (Å²) in [6.45, 7) is 4.09. The Morgan fingerprint density at radius 1 is 1.20 bits per heavy atom. The van der Waals surface area contributed by atoms with Crippen molar-refractivity contribution >= 4 is 10.0 Å². The third-order valence-electron chi connectivity index (χ3n) is 2.86. The maximum Gasteiger partial charge on any atom is 0.215 e. The Balaban J connectivity index is 1.86. The van der Waals surface area contributed by atoms with E-state index in [2.05, 4.69) is 9.88 Å². The van der Waals surface area contributed by atoms with Crippen LogP contribution in [0.1, 0.15) is 22.6 Å². The van der Waals surface area contributed by atoms with Gasteiger partial charge in [-0.3, -0.25) is 0 Å². The molecular formula is C14H18N2O3S. The highest BCUT2D eigenvalue weighted by atomic mass is 32.2. The topological polar surface area (TPSA) is 72.2 Å². The SMILES string of the molecule is Cc1ccc(CS(=O)(=O)NCCc2cc(C)on2)cc1. The summed E-state index contributed by atoms with van der Waals surface area (Å²) < 4.78 is 31.3. The maximum atomic E-state index is 11.9. The van der Waals surface area contributed by atoms with E-state index in [9.17, 15) is 8.42 Å². The zero-order valence-corrected chi connectivity index (χ0v) is 12.4. The molecule has 2 aromatic rings. The predicted octanol–water partition coefficient (Wildman–Crippen LogP) is 1.95. The molecule has 0 atom stereocenters. The monoisotopic (exact) mass is 294 g/mol. The number of hydrogen-bond acceptors (Lipinski definition) is 4. The Hall–Kier alpha value is -1.66. The number of benzene rings is 1. The number of sulfonamides is 1. The van der Waals surface area contributed by atoms with Crippen LogP contribution in [0.3, 0.4) is 0 Å². The van der Waals surface area contributed by atoms with Gasteiger partial charge in [0.1, 0.15) is 5.76 Å². The van der Waals surface area contributed by atoms with Crippen molar-refractivity contribution in [3.63, 3.8) is 0 Å². The number of nitrogens with zero attached hydrogens (tertiary/aromatic N) is 1. The second kappa shape index (κ2) is 6.19. The van der Waals surface area contributed by atoms with Crippen molar-refractivity contribution in [1.82, 2.24) is 9.88 Å². The van der Waals surface area contributed by atoms with Crippen LogP contribution in [0.5, 0.6) is 0 Å². The fourth-order valence-electron chi connectivity index (χ4n) is 1.83. The molecule has 1 N–H and O–H groups in total. The number of rotatable bonds is 6. The van der Waals surface area contributed by atoms with Gasteiger partial charge < -0.3 is 4.52 Å². The molecule has 1 heterocycles. The predicted molar refractivity (Wildman–Crippen MR) is 76.7 cm³/mol. The number of aryl methyl sites for hydroxylation is 2. The molecular weight excluding hydrogens is 276 g/mol. The van der Waals surface area contributed by atoms with Crippen LogP contribution in [-0.2, 0) is 22.2 Å². The lowest BCUT2D eigenvalue weighted by molar-refractivity contribution is 0.390. The Morgan fingerprint density at radius 3 is 2.50 bits per heavy atom. The van der Waals surface area contributed by atoms with E-state index >= 15 is 0 Å². The number of aromatic nitrogens is 1. The average molecular weight is 294 g/mol. The molecule has 0 aliphatic heterocycles. The summed E-state index contributed by atoms with van der Waals surface area (Å²) in [6.07, 6.45) is 0.518. The Kier molecular flexibility index (Phi) is 4.57. The fourth-order valence-corrected chi connectivity index (χ4v) is 2.97. The van der Waals surface area contributed by atoms with Crippen LogP contribution in [0, 0.1) is 13.8 Å². The molecule has 108 valence electrons. The van der Waals surface area contributed by atoms with Gasteiger partial charge in [-0.15, -0.1) is 0 Å². The second-order valence-electron chi connectivity index (χ2n) is 4.82. The van der Waals surface area contributed by atoms with E-state index in [1.54, 1.807) is 13.0 Å². The van der Waals surface area contributed by atoms with Gasteiger partial charge >= 0.3 is 0 Å². The minimum Gasteiger partial charge on any atom is -0.361 e. The Morgan fingerprint density at radius 2 is 1.90 bits per heavy atom. The molecule has 0 aliphatic carbocycles. The zero-order chi connectivity index (χ0) is 14.6. The van der Waals surface area contributed by atoms with Crippen LogP contribution >= 0.6 is 0 Å². The molecule has 0 bridgehead atoms. The molecule has 20 heavy (non-hydrogen) atoms. The lowest BCUT2D eigenvalue weighted by atomic mass is 10.2. The van der Waals surface area contributed by atoms with E-state index < -0.39 is 10.0 Å². The minimum absolute atomic E-state index is 0.00881. The molecule has 6 heteroatoms. The largest absolute Gasteiger partial charge is 0.361 e. The van der Waals surface area contributed by atoms with Crippen LogP contribution in [0.15, 0.2) is 34.9 Å². The van der Waals surface area contributed by atoms with Crippen molar-refractivity contribution in [3.05, 3.63) is 52.9 Å². The number of hydrogen-bond donors (Lipinski definition) is 1. The van der Waals surface area contributed by atoms with Crippen molar-refractivity contribution in [2.45, 2.75) is 26.0 Å². The Labute approximate surface area is 119 Å². The summed E-state index contributed by atoms with van der Waals surface area (Å²) in [5, 5.41) is 3.82. The fraction of sp³-hybridized carbons (Fsp3) is 0.357. The molecule has 5 nitrogen and oxygen atoms in total. The molecule has 0 fully saturated rings. The van der Waals surface area contributed by atoms with Gasteiger partial charge in [0.25, 0.3) is 0 Å². The molecule has 1 aromatic carbocycles. The summed E-state index contributed by atoms with van der Waals surface area (Å²) in [6, 6.07) is 9.27. The van der Waals surface area contributed by atoms with Gasteiger partial charge in [0.2, 0.25) is 10.0 Å². The summed E-state index contributed by atoms with van der Waals surface area (Å²) in [5.41, 5.74) is 2.64. The van der Waals surface area contributed by atoms with Crippen LogP contribution in [0.2, 0.25) is 0 Å². The van der Waals surface area contributed by atoms with Gasteiger partial charge in [-0.05, 0) is 19.4 Å². The van der Waals surface area contributed by atoms with E-state index in [-0.39, 0.29) is 5.75 Å². The van der Waals surface area contributed by atoms with E-state index in [1.165, 1.54) is 0 Å². The first-order chi connectivity index (χ1) is 9.44. The van der Waals surface area contributed by atoms with Crippen molar-refractivity contribution in [2.75, 3.05) is 6.54 Å². The molecule has 1 aromatic heterocycles. The molecule has 0 radical (unpaired) electrons. The summed E-state index contributed by atoms with van der Waals surface area (Å²) in [7, 11) is -3.32. The average Bonchev–Trinajstić information content (AvgIpc) is 2.77. The minimum atomic E-state index is -3.32. The molecule has 0 spiro atoms. The van der Waals surface area contributed by atoms with Crippen LogP contribution in [0.25, 0.3) is 0 Å². The summed E-state index contributed by atoms with van der Waals surface area (Å²) in [4.78, 5) is 0. The maximum absolute atomic E-state index is 11.9. The summed E-state index contributed by atoms with van der Waals surface area (Å²) in [5.74, 6) is 0.716. The second-order valence-corrected chi connectivity index (χ2v) is 6.62.